The van der Waals surface area contributed by atoms with Crippen LogP contribution in [-0.4, -0.2) is 29.2 Å². The van der Waals surface area contributed by atoms with Crippen LogP contribution in [0.3, 0.4) is 0 Å². The summed E-state index contributed by atoms with van der Waals surface area (Å²) in [5.41, 5.74) is 0. The van der Waals surface area contributed by atoms with E-state index >= 15 is 0 Å². The third-order valence-corrected chi connectivity index (χ3v) is 16.8. The maximum absolute atomic E-state index is 8.85. The van der Waals surface area contributed by atoms with E-state index in [-0.39, 0.29) is 0 Å². The molecule has 0 aliphatic heterocycles. The Morgan fingerprint density at radius 2 is 1.42 bits per heavy atom. The Balaban J connectivity index is 3.93. The van der Waals surface area contributed by atoms with Gasteiger partial charge in [-0.25, -0.2) is 0 Å². The van der Waals surface area contributed by atoms with Crippen LogP contribution in [0.1, 0.15) is 20.8 Å². The Bertz CT molecular complexity index is 107. The van der Waals surface area contributed by atoms with Crippen molar-refractivity contribution >= 4 is 21.6 Å². The fourth-order valence-corrected chi connectivity index (χ4v) is 11.9. The van der Waals surface area contributed by atoms with Crippen molar-refractivity contribution in [3.05, 3.63) is 0 Å². The summed E-state index contributed by atoms with van der Waals surface area (Å²) in [4.78, 5) is 17.7. The monoisotopic (exact) mass is 254 g/mol. The van der Waals surface area contributed by atoms with Gasteiger partial charge >= 0.3 is 79.4 Å². The summed E-state index contributed by atoms with van der Waals surface area (Å²) >= 11 is -1.59. The van der Waals surface area contributed by atoms with Crippen LogP contribution in [0.2, 0.25) is 21.0 Å². The van der Waals surface area contributed by atoms with Crippen LogP contribution in [-0.2, 0) is 0 Å². The van der Waals surface area contributed by atoms with Gasteiger partial charge in [0.15, 0.2) is 0 Å². The fraction of sp³-hybridized carbons (Fsp3) is 1.00. The van der Waals surface area contributed by atoms with E-state index in [9.17, 15) is 0 Å². The number of rotatable bonds is 6. The quantitative estimate of drug-likeness (QED) is 0.564. The van der Waals surface area contributed by atoms with Gasteiger partial charge < -0.3 is 0 Å². The Labute approximate surface area is 79.7 Å². The summed E-state index contributed by atoms with van der Waals surface area (Å²) in [6.45, 7) is 6.80. The molecule has 0 heterocycles. The molecule has 0 aromatic carbocycles. The van der Waals surface area contributed by atoms with Gasteiger partial charge in [-0.3, -0.25) is 0 Å². The zero-order chi connectivity index (χ0) is 9.61. The maximum atomic E-state index is 8.85. The molecular weight excluding hydrogens is 232 g/mol. The Hall–Kier alpha value is 0.893. The minimum atomic E-state index is -1.64. The second-order valence-corrected chi connectivity index (χ2v) is 16.4. The summed E-state index contributed by atoms with van der Waals surface area (Å²) < 4.78 is 0. The third-order valence-electron chi connectivity index (χ3n) is 3.09. The van der Waals surface area contributed by atoms with Crippen molar-refractivity contribution in [3.8, 4) is 0 Å². The molecule has 2 nitrogen and oxygen atoms in total. The molecule has 4 heteroatoms. The van der Waals surface area contributed by atoms with Gasteiger partial charge in [-0.2, -0.15) is 0 Å². The van der Waals surface area contributed by atoms with E-state index < -0.39 is 21.6 Å². The van der Waals surface area contributed by atoms with Crippen molar-refractivity contribution in [1.29, 1.82) is 0 Å². The summed E-state index contributed by atoms with van der Waals surface area (Å²) in [5, 5.41) is 5.13. The van der Waals surface area contributed by atoms with Crippen molar-refractivity contribution in [2.24, 2.45) is 0 Å². The van der Waals surface area contributed by atoms with Crippen molar-refractivity contribution < 1.29 is 9.79 Å². The first-order valence-electron chi connectivity index (χ1n) is 4.75. The SMILES string of the molecule is C[CH2][Ge]([CH2]C)([CH2]C)[CH2]CP(O)O. The van der Waals surface area contributed by atoms with E-state index in [1.54, 1.807) is 0 Å². The average Bonchev–Trinajstić information content (AvgIpc) is 2.08. The predicted molar refractivity (Wildman–Crippen MR) is 58.2 cm³/mol. The molecule has 0 spiro atoms. The van der Waals surface area contributed by atoms with Crippen LogP contribution in [0.4, 0.5) is 0 Å². The Morgan fingerprint density at radius 1 is 1.00 bits per heavy atom. The zero-order valence-corrected chi connectivity index (χ0v) is 11.4. The second kappa shape index (κ2) is 6.36. The van der Waals surface area contributed by atoms with Gasteiger partial charge in [0.2, 0.25) is 0 Å². The fourth-order valence-electron chi connectivity index (χ4n) is 1.62. The van der Waals surface area contributed by atoms with Crippen LogP contribution >= 0.6 is 8.38 Å². The summed E-state index contributed by atoms with van der Waals surface area (Å²) in [6.07, 6.45) is 0.658. The molecule has 0 saturated heterocycles. The minimum absolute atomic E-state index is 0.658. The molecule has 0 bridgehead atoms. The van der Waals surface area contributed by atoms with Crippen molar-refractivity contribution in [3.63, 3.8) is 0 Å². The molecular formula is C8H21GeO2P. The van der Waals surface area contributed by atoms with Crippen LogP contribution in [0, 0.1) is 0 Å². The van der Waals surface area contributed by atoms with Gasteiger partial charge in [0, 0.05) is 0 Å². The molecule has 0 aromatic heterocycles. The molecule has 0 radical (unpaired) electrons. The Kier molecular flexibility index (Phi) is 6.84. The average molecular weight is 253 g/mol. The molecule has 0 saturated carbocycles. The third kappa shape index (κ3) is 4.22. The van der Waals surface area contributed by atoms with Crippen molar-refractivity contribution in [1.82, 2.24) is 0 Å². The molecule has 74 valence electrons. The van der Waals surface area contributed by atoms with Gasteiger partial charge in [-0.15, -0.1) is 0 Å². The molecule has 2 N–H and O–H groups in total. The number of hydrogen-bond acceptors (Lipinski definition) is 2. The normalized spacial score (nSPS) is 12.5. The van der Waals surface area contributed by atoms with E-state index in [0.29, 0.717) is 6.16 Å². The molecule has 0 aliphatic carbocycles. The molecule has 0 unspecified atom stereocenters. The van der Waals surface area contributed by atoms with E-state index in [1.165, 1.54) is 15.8 Å². The summed E-state index contributed by atoms with van der Waals surface area (Å²) in [7, 11) is -1.64. The van der Waals surface area contributed by atoms with E-state index in [1.807, 2.05) is 0 Å². The second-order valence-electron chi connectivity index (χ2n) is 3.41. The summed E-state index contributed by atoms with van der Waals surface area (Å²) in [5.74, 6) is 0. The topological polar surface area (TPSA) is 40.5 Å². The van der Waals surface area contributed by atoms with Crippen LogP contribution in [0.25, 0.3) is 0 Å². The Morgan fingerprint density at radius 3 is 1.67 bits per heavy atom. The zero-order valence-electron chi connectivity index (χ0n) is 8.38. The van der Waals surface area contributed by atoms with E-state index in [4.69, 9.17) is 9.79 Å². The molecule has 0 atom stereocenters. The van der Waals surface area contributed by atoms with Gasteiger partial charge in [0.05, 0.1) is 0 Å². The predicted octanol–water partition coefficient (Wildman–Crippen LogP) is 2.79. The van der Waals surface area contributed by atoms with Crippen LogP contribution in [0.15, 0.2) is 0 Å². The first kappa shape index (κ1) is 12.9. The van der Waals surface area contributed by atoms with Crippen molar-refractivity contribution in [2.45, 2.75) is 41.8 Å². The molecule has 12 heavy (non-hydrogen) atoms. The number of hydrogen-bond donors (Lipinski definition) is 2. The van der Waals surface area contributed by atoms with Gasteiger partial charge in [0.1, 0.15) is 0 Å². The first-order chi connectivity index (χ1) is 5.60. The van der Waals surface area contributed by atoms with Crippen molar-refractivity contribution in [2.75, 3.05) is 6.16 Å². The molecule has 0 aromatic rings. The molecule has 0 aliphatic rings. The molecule has 0 rings (SSSR count). The van der Waals surface area contributed by atoms with Gasteiger partial charge in [0.25, 0.3) is 0 Å². The standard InChI is InChI=1S/C8H21GeO2P/c1-4-9(5-2,6-3)7-8-12(10)11/h10-11H,4-8H2,1-3H3. The van der Waals surface area contributed by atoms with Gasteiger partial charge in [-0.1, -0.05) is 0 Å². The van der Waals surface area contributed by atoms with E-state index in [0.717, 1.165) is 5.25 Å². The van der Waals surface area contributed by atoms with Gasteiger partial charge in [-0.05, 0) is 0 Å². The first-order valence-corrected chi connectivity index (χ1v) is 12.1. The van der Waals surface area contributed by atoms with Crippen LogP contribution < -0.4 is 0 Å². The summed E-state index contributed by atoms with van der Waals surface area (Å²) in [6, 6.07) is 0. The molecule has 0 fully saturated rings. The van der Waals surface area contributed by atoms with E-state index in [2.05, 4.69) is 20.8 Å². The molecule has 0 amide bonds. The van der Waals surface area contributed by atoms with Crippen LogP contribution in [0.5, 0.6) is 0 Å².